The van der Waals surface area contributed by atoms with Crippen LogP contribution in [-0.4, -0.2) is 36.8 Å². The summed E-state index contributed by atoms with van der Waals surface area (Å²) in [4.78, 5) is 13.2. The third kappa shape index (κ3) is 6.13. The molecule has 0 spiro atoms. The van der Waals surface area contributed by atoms with Crippen LogP contribution in [0.5, 0.6) is 5.75 Å². The molecule has 0 atom stereocenters. The monoisotopic (exact) mass is 265 g/mol. The molecule has 0 bridgehead atoms. The topological polar surface area (TPSA) is 38.8 Å². The van der Waals surface area contributed by atoms with Crippen LogP contribution in [0.2, 0.25) is 0 Å². The average Bonchev–Trinajstić information content (AvgIpc) is 2.29. The summed E-state index contributed by atoms with van der Waals surface area (Å²) in [5.74, 6) is 0.809. The lowest BCUT2D eigenvalue weighted by atomic mass is 10.2. The fraction of sp³-hybridized carbons (Fsp3) is 0.533. The molecule has 1 amide bonds. The highest BCUT2D eigenvalue weighted by Gasteiger charge is 2.19. The number of nitrogens with zero attached hydrogens (tertiary/aromatic N) is 1. The molecule has 0 heterocycles. The van der Waals surface area contributed by atoms with Crippen molar-refractivity contribution in [3.8, 4) is 5.75 Å². The highest BCUT2D eigenvalue weighted by atomic mass is 16.6. The van der Waals surface area contributed by atoms with Crippen LogP contribution in [0.4, 0.5) is 4.79 Å². The lowest BCUT2D eigenvalue weighted by Crippen LogP contribution is -2.36. The van der Waals surface area contributed by atoms with E-state index in [0.717, 1.165) is 5.75 Å². The highest BCUT2D eigenvalue weighted by molar-refractivity contribution is 5.67. The van der Waals surface area contributed by atoms with E-state index >= 15 is 0 Å². The highest BCUT2D eigenvalue weighted by Crippen LogP contribution is 2.12. The normalized spacial score (nSPS) is 11.0. The molecular weight excluding hydrogens is 242 g/mol. The Morgan fingerprint density at radius 2 is 1.79 bits per heavy atom. The van der Waals surface area contributed by atoms with Gasteiger partial charge in [0, 0.05) is 7.05 Å². The second-order valence-electron chi connectivity index (χ2n) is 5.56. The molecule has 0 fully saturated rings. The smallest absolute Gasteiger partial charge is 0.410 e. The van der Waals surface area contributed by atoms with Crippen LogP contribution < -0.4 is 4.74 Å². The molecule has 4 heteroatoms. The van der Waals surface area contributed by atoms with E-state index in [4.69, 9.17) is 9.47 Å². The van der Waals surface area contributed by atoms with E-state index in [1.807, 2.05) is 52.0 Å². The van der Waals surface area contributed by atoms with E-state index in [2.05, 4.69) is 0 Å². The van der Waals surface area contributed by atoms with Gasteiger partial charge in [-0.15, -0.1) is 0 Å². The third-order valence-electron chi connectivity index (χ3n) is 2.42. The summed E-state index contributed by atoms with van der Waals surface area (Å²) in [6, 6.07) is 7.82. The predicted molar refractivity (Wildman–Crippen MR) is 75.5 cm³/mol. The molecule has 4 nitrogen and oxygen atoms in total. The maximum atomic E-state index is 11.7. The molecule has 0 saturated carbocycles. The summed E-state index contributed by atoms with van der Waals surface area (Å²) in [7, 11) is 1.70. The molecule has 0 radical (unpaired) electrons. The standard InChI is InChI=1S/C15H23NO3/c1-12-6-8-13(9-7-12)18-11-10-16(5)14(17)19-15(2,3)4/h6-9H,10-11H2,1-5H3. The van der Waals surface area contributed by atoms with Gasteiger partial charge in [0.15, 0.2) is 0 Å². The van der Waals surface area contributed by atoms with Crippen LogP contribution >= 0.6 is 0 Å². The SMILES string of the molecule is Cc1ccc(OCCN(C)C(=O)OC(C)(C)C)cc1. The minimum absolute atomic E-state index is 0.333. The van der Waals surface area contributed by atoms with Crippen molar-refractivity contribution < 1.29 is 14.3 Å². The second kappa shape index (κ2) is 6.45. The van der Waals surface area contributed by atoms with Gasteiger partial charge in [0.25, 0.3) is 0 Å². The van der Waals surface area contributed by atoms with Crippen molar-refractivity contribution in [3.05, 3.63) is 29.8 Å². The summed E-state index contributed by atoms with van der Waals surface area (Å²) in [5, 5.41) is 0. The maximum absolute atomic E-state index is 11.7. The van der Waals surface area contributed by atoms with Crippen molar-refractivity contribution in [1.29, 1.82) is 0 Å². The zero-order chi connectivity index (χ0) is 14.5. The van der Waals surface area contributed by atoms with Crippen molar-refractivity contribution in [2.24, 2.45) is 0 Å². The molecule has 106 valence electrons. The number of likely N-dealkylation sites (N-methyl/N-ethyl adjacent to an activating group) is 1. The van der Waals surface area contributed by atoms with Gasteiger partial charge in [-0.05, 0) is 39.8 Å². The number of hydrogen-bond acceptors (Lipinski definition) is 3. The minimum Gasteiger partial charge on any atom is -0.492 e. The third-order valence-corrected chi connectivity index (χ3v) is 2.42. The van der Waals surface area contributed by atoms with E-state index in [1.54, 1.807) is 7.05 Å². The largest absolute Gasteiger partial charge is 0.492 e. The molecule has 1 aromatic rings. The maximum Gasteiger partial charge on any atom is 0.410 e. The zero-order valence-corrected chi connectivity index (χ0v) is 12.4. The molecule has 1 rings (SSSR count). The Hall–Kier alpha value is -1.71. The van der Waals surface area contributed by atoms with E-state index in [0.29, 0.717) is 13.2 Å². The molecule has 0 aliphatic rings. The summed E-state index contributed by atoms with van der Waals surface area (Å²) in [6.45, 7) is 8.51. The fourth-order valence-corrected chi connectivity index (χ4v) is 1.37. The Labute approximate surface area is 115 Å². The van der Waals surface area contributed by atoms with Gasteiger partial charge in [-0.1, -0.05) is 17.7 Å². The summed E-state index contributed by atoms with van der Waals surface area (Å²) in [6.07, 6.45) is -0.333. The zero-order valence-electron chi connectivity index (χ0n) is 12.4. The molecule has 0 saturated heterocycles. The Balaban J connectivity index is 2.32. The van der Waals surface area contributed by atoms with Gasteiger partial charge in [-0.3, -0.25) is 0 Å². The Morgan fingerprint density at radius 1 is 1.21 bits per heavy atom. The Morgan fingerprint density at radius 3 is 2.32 bits per heavy atom. The van der Waals surface area contributed by atoms with Gasteiger partial charge in [-0.25, -0.2) is 4.79 Å². The van der Waals surface area contributed by atoms with Gasteiger partial charge in [0.2, 0.25) is 0 Å². The average molecular weight is 265 g/mol. The van der Waals surface area contributed by atoms with E-state index in [9.17, 15) is 4.79 Å². The lowest BCUT2D eigenvalue weighted by Gasteiger charge is -2.24. The van der Waals surface area contributed by atoms with Crippen LogP contribution in [0, 0.1) is 6.92 Å². The van der Waals surface area contributed by atoms with Crippen molar-refractivity contribution in [2.75, 3.05) is 20.2 Å². The van der Waals surface area contributed by atoms with Crippen LogP contribution in [0.1, 0.15) is 26.3 Å². The van der Waals surface area contributed by atoms with Crippen molar-refractivity contribution in [2.45, 2.75) is 33.3 Å². The number of benzene rings is 1. The van der Waals surface area contributed by atoms with Crippen LogP contribution in [-0.2, 0) is 4.74 Å². The predicted octanol–water partition coefficient (Wildman–Crippen LogP) is 3.24. The van der Waals surface area contributed by atoms with Gasteiger partial charge in [-0.2, -0.15) is 0 Å². The molecule has 0 unspecified atom stereocenters. The molecular formula is C15H23NO3. The number of amides is 1. The summed E-state index contributed by atoms with van der Waals surface area (Å²) < 4.78 is 10.8. The van der Waals surface area contributed by atoms with Gasteiger partial charge in [0.05, 0.1) is 6.54 Å². The van der Waals surface area contributed by atoms with Crippen molar-refractivity contribution in [1.82, 2.24) is 4.90 Å². The number of ether oxygens (including phenoxy) is 2. The number of rotatable bonds is 4. The molecule has 0 aliphatic heterocycles. The molecule has 1 aromatic carbocycles. The van der Waals surface area contributed by atoms with Gasteiger partial charge < -0.3 is 14.4 Å². The first-order valence-electron chi connectivity index (χ1n) is 6.41. The quantitative estimate of drug-likeness (QED) is 0.839. The van der Waals surface area contributed by atoms with Gasteiger partial charge in [0.1, 0.15) is 18.0 Å². The van der Waals surface area contributed by atoms with Crippen LogP contribution in [0.25, 0.3) is 0 Å². The molecule has 19 heavy (non-hydrogen) atoms. The minimum atomic E-state index is -0.469. The fourth-order valence-electron chi connectivity index (χ4n) is 1.37. The first-order chi connectivity index (χ1) is 8.78. The molecule has 0 aromatic heterocycles. The number of carbonyl (C=O) groups excluding carboxylic acids is 1. The van der Waals surface area contributed by atoms with E-state index in [-0.39, 0.29) is 6.09 Å². The van der Waals surface area contributed by atoms with Crippen LogP contribution in [0.15, 0.2) is 24.3 Å². The lowest BCUT2D eigenvalue weighted by molar-refractivity contribution is 0.0278. The molecule has 0 N–H and O–H groups in total. The Bertz CT molecular complexity index is 406. The Kier molecular flexibility index (Phi) is 5.21. The van der Waals surface area contributed by atoms with Crippen LogP contribution in [0.3, 0.4) is 0 Å². The van der Waals surface area contributed by atoms with Crippen molar-refractivity contribution >= 4 is 6.09 Å². The van der Waals surface area contributed by atoms with E-state index < -0.39 is 5.60 Å². The number of hydrogen-bond donors (Lipinski definition) is 0. The summed E-state index contributed by atoms with van der Waals surface area (Å²) >= 11 is 0. The first kappa shape index (κ1) is 15.3. The van der Waals surface area contributed by atoms with Gasteiger partial charge >= 0.3 is 6.09 Å². The summed E-state index contributed by atoms with van der Waals surface area (Å²) in [5.41, 5.74) is 0.724. The number of carbonyl (C=O) groups is 1. The van der Waals surface area contributed by atoms with E-state index in [1.165, 1.54) is 10.5 Å². The second-order valence-corrected chi connectivity index (χ2v) is 5.56. The number of aryl methyl sites for hydroxylation is 1. The van der Waals surface area contributed by atoms with Crippen molar-refractivity contribution in [3.63, 3.8) is 0 Å². The first-order valence-corrected chi connectivity index (χ1v) is 6.41. The molecule has 0 aliphatic carbocycles.